The molecule has 0 aliphatic heterocycles. The quantitative estimate of drug-likeness (QED) is 0.753. The van der Waals surface area contributed by atoms with Gasteiger partial charge in [-0.3, -0.25) is 9.59 Å². The lowest BCUT2D eigenvalue weighted by molar-refractivity contribution is -0.145. The van der Waals surface area contributed by atoms with E-state index in [1.165, 1.54) is 0 Å². The standard InChI is InChI=1S/C21H25NO4/c1-4-26-18-11-9-17(10-12-18)22-20(23)15(3)19(21(24)25)13-16-7-5-14(2)6-8-16/h5-12,15,19H,4,13H2,1-3H3,(H,22,23)(H,24,25)/t15-,19+/m1/s1. The first-order chi connectivity index (χ1) is 12.4. The Bertz CT molecular complexity index is 738. The van der Waals surface area contributed by atoms with Crippen molar-refractivity contribution in [2.24, 2.45) is 11.8 Å². The maximum atomic E-state index is 12.5. The number of carbonyl (C=O) groups is 2. The average Bonchev–Trinajstić information content (AvgIpc) is 2.62. The van der Waals surface area contributed by atoms with E-state index in [2.05, 4.69) is 5.32 Å². The largest absolute Gasteiger partial charge is 0.494 e. The summed E-state index contributed by atoms with van der Waals surface area (Å²) in [6, 6.07) is 14.7. The number of amides is 1. The maximum absolute atomic E-state index is 12.5. The summed E-state index contributed by atoms with van der Waals surface area (Å²) in [6.45, 7) is 6.10. The monoisotopic (exact) mass is 355 g/mol. The van der Waals surface area contributed by atoms with E-state index in [1.54, 1.807) is 31.2 Å². The number of carboxylic acid groups (broad SMARTS) is 1. The number of rotatable bonds is 8. The van der Waals surface area contributed by atoms with Gasteiger partial charge >= 0.3 is 5.97 Å². The van der Waals surface area contributed by atoms with E-state index in [1.807, 2.05) is 38.1 Å². The molecule has 0 radical (unpaired) electrons. The molecule has 0 spiro atoms. The van der Waals surface area contributed by atoms with Crippen LogP contribution in [0.25, 0.3) is 0 Å². The summed E-state index contributed by atoms with van der Waals surface area (Å²) in [4.78, 5) is 24.2. The van der Waals surface area contributed by atoms with Crippen LogP contribution in [0.5, 0.6) is 5.75 Å². The van der Waals surface area contributed by atoms with E-state index in [-0.39, 0.29) is 5.91 Å². The van der Waals surface area contributed by atoms with Gasteiger partial charge in [-0.25, -0.2) is 0 Å². The van der Waals surface area contributed by atoms with Gasteiger partial charge in [0.15, 0.2) is 0 Å². The van der Waals surface area contributed by atoms with Crippen molar-refractivity contribution in [3.63, 3.8) is 0 Å². The molecule has 0 fully saturated rings. The molecule has 138 valence electrons. The number of nitrogens with one attached hydrogen (secondary N) is 1. The molecule has 2 aromatic rings. The van der Waals surface area contributed by atoms with Crippen molar-refractivity contribution < 1.29 is 19.4 Å². The van der Waals surface area contributed by atoms with Crippen molar-refractivity contribution in [1.29, 1.82) is 0 Å². The van der Waals surface area contributed by atoms with Crippen molar-refractivity contribution >= 4 is 17.6 Å². The van der Waals surface area contributed by atoms with Gasteiger partial charge in [0.2, 0.25) is 5.91 Å². The van der Waals surface area contributed by atoms with Gasteiger partial charge in [0.1, 0.15) is 5.75 Å². The van der Waals surface area contributed by atoms with E-state index in [4.69, 9.17) is 4.74 Å². The number of hydrogen-bond donors (Lipinski definition) is 2. The predicted octanol–water partition coefficient (Wildman–Crippen LogP) is 3.91. The Balaban J connectivity index is 2.04. The third-order valence-corrected chi connectivity index (χ3v) is 4.34. The van der Waals surface area contributed by atoms with Gasteiger partial charge in [0.25, 0.3) is 0 Å². The number of hydrogen-bond acceptors (Lipinski definition) is 3. The van der Waals surface area contributed by atoms with Crippen molar-refractivity contribution in [3.05, 3.63) is 59.7 Å². The molecule has 0 heterocycles. The molecule has 0 aliphatic carbocycles. The van der Waals surface area contributed by atoms with Crippen molar-refractivity contribution in [2.45, 2.75) is 27.2 Å². The van der Waals surface area contributed by atoms with E-state index in [9.17, 15) is 14.7 Å². The summed E-state index contributed by atoms with van der Waals surface area (Å²) in [5.74, 6) is -2.02. The molecule has 0 aromatic heterocycles. The van der Waals surface area contributed by atoms with Gasteiger partial charge in [-0.2, -0.15) is 0 Å². The number of carbonyl (C=O) groups excluding carboxylic acids is 1. The van der Waals surface area contributed by atoms with Gasteiger partial charge in [-0.1, -0.05) is 36.8 Å². The van der Waals surface area contributed by atoms with Crippen molar-refractivity contribution in [1.82, 2.24) is 0 Å². The molecule has 1 amide bonds. The molecule has 0 aliphatic rings. The number of benzene rings is 2. The zero-order valence-electron chi connectivity index (χ0n) is 15.4. The molecule has 5 heteroatoms. The fraction of sp³-hybridized carbons (Fsp3) is 0.333. The van der Waals surface area contributed by atoms with Gasteiger partial charge in [-0.05, 0) is 50.1 Å². The van der Waals surface area contributed by atoms with Crippen LogP contribution in [0.15, 0.2) is 48.5 Å². The number of aryl methyl sites for hydroxylation is 1. The fourth-order valence-corrected chi connectivity index (χ4v) is 2.70. The molecule has 5 nitrogen and oxygen atoms in total. The summed E-state index contributed by atoms with van der Waals surface area (Å²) >= 11 is 0. The molecule has 26 heavy (non-hydrogen) atoms. The third kappa shape index (κ3) is 5.34. The summed E-state index contributed by atoms with van der Waals surface area (Å²) in [7, 11) is 0. The summed E-state index contributed by atoms with van der Waals surface area (Å²) in [6.07, 6.45) is 0.313. The molecule has 0 saturated carbocycles. The minimum Gasteiger partial charge on any atom is -0.494 e. The number of aliphatic carboxylic acids is 1. The van der Waals surface area contributed by atoms with Crippen LogP contribution >= 0.6 is 0 Å². The Morgan fingerprint density at radius 3 is 2.23 bits per heavy atom. The number of anilines is 1. The smallest absolute Gasteiger partial charge is 0.307 e. The van der Waals surface area contributed by atoms with Crippen LogP contribution in [0, 0.1) is 18.8 Å². The molecule has 0 unspecified atom stereocenters. The second-order valence-corrected chi connectivity index (χ2v) is 6.37. The first kappa shape index (κ1) is 19.5. The first-order valence-corrected chi connectivity index (χ1v) is 8.72. The minimum absolute atomic E-state index is 0.311. The topological polar surface area (TPSA) is 75.6 Å². The van der Waals surface area contributed by atoms with E-state index >= 15 is 0 Å². The molecule has 0 saturated heterocycles. The molecule has 2 aromatic carbocycles. The Morgan fingerprint density at radius 1 is 1.08 bits per heavy atom. The Hall–Kier alpha value is -2.82. The number of carboxylic acids is 1. The third-order valence-electron chi connectivity index (χ3n) is 4.34. The molecule has 2 rings (SSSR count). The maximum Gasteiger partial charge on any atom is 0.307 e. The Kier molecular flexibility index (Phi) is 6.78. The zero-order chi connectivity index (χ0) is 19.1. The minimum atomic E-state index is -0.972. The second-order valence-electron chi connectivity index (χ2n) is 6.37. The van der Waals surface area contributed by atoms with Crippen LogP contribution < -0.4 is 10.1 Å². The van der Waals surface area contributed by atoms with Crippen molar-refractivity contribution in [2.75, 3.05) is 11.9 Å². The lowest BCUT2D eigenvalue weighted by atomic mass is 9.87. The van der Waals surface area contributed by atoms with Crippen LogP contribution in [0.3, 0.4) is 0 Å². The lowest BCUT2D eigenvalue weighted by Gasteiger charge is -2.20. The van der Waals surface area contributed by atoms with Gasteiger partial charge in [0, 0.05) is 11.6 Å². The highest BCUT2D eigenvalue weighted by atomic mass is 16.5. The summed E-state index contributed by atoms with van der Waals surface area (Å²) < 4.78 is 5.37. The van der Waals surface area contributed by atoms with Crippen LogP contribution in [0.2, 0.25) is 0 Å². The van der Waals surface area contributed by atoms with Gasteiger partial charge in [-0.15, -0.1) is 0 Å². The highest BCUT2D eigenvalue weighted by molar-refractivity contribution is 5.94. The Labute approximate surface area is 154 Å². The highest BCUT2D eigenvalue weighted by Crippen LogP contribution is 2.22. The molecule has 2 N–H and O–H groups in total. The average molecular weight is 355 g/mol. The lowest BCUT2D eigenvalue weighted by Crippen LogP contribution is -2.33. The van der Waals surface area contributed by atoms with Gasteiger partial charge < -0.3 is 15.2 Å². The van der Waals surface area contributed by atoms with E-state index < -0.39 is 17.8 Å². The zero-order valence-corrected chi connectivity index (χ0v) is 15.4. The second kappa shape index (κ2) is 9.04. The van der Waals surface area contributed by atoms with Crippen LogP contribution in [-0.4, -0.2) is 23.6 Å². The summed E-state index contributed by atoms with van der Waals surface area (Å²) in [5.41, 5.74) is 2.63. The first-order valence-electron chi connectivity index (χ1n) is 8.72. The predicted molar refractivity (Wildman–Crippen MR) is 101 cm³/mol. The molecule has 2 atom stereocenters. The normalized spacial score (nSPS) is 12.9. The Morgan fingerprint density at radius 2 is 1.69 bits per heavy atom. The highest BCUT2D eigenvalue weighted by Gasteiger charge is 2.30. The number of ether oxygens (including phenoxy) is 1. The van der Waals surface area contributed by atoms with Gasteiger partial charge in [0.05, 0.1) is 12.5 Å². The van der Waals surface area contributed by atoms with E-state index in [0.29, 0.717) is 18.7 Å². The SMILES string of the molecule is CCOc1ccc(NC(=O)[C@H](C)[C@H](Cc2ccc(C)cc2)C(=O)O)cc1. The van der Waals surface area contributed by atoms with Crippen LogP contribution in [0.1, 0.15) is 25.0 Å². The van der Waals surface area contributed by atoms with E-state index in [0.717, 1.165) is 16.9 Å². The van der Waals surface area contributed by atoms with Crippen LogP contribution in [0.4, 0.5) is 5.69 Å². The fourth-order valence-electron chi connectivity index (χ4n) is 2.70. The molecule has 0 bridgehead atoms. The molecular weight excluding hydrogens is 330 g/mol. The van der Waals surface area contributed by atoms with Crippen LogP contribution in [-0.2, 0) is 16.0 Å². The molecular formula is C21H25NO4. The van der Waals surface area contributed by atoms with Crippen molar-refractivity contribution in [3.8, 4) is 5.75 Å². The summed E-state index contributed by atoms with van der Waals surface area (Å²) in [5, 5.41) is 12.4.